The van der Waals surface area contributed by atoms with Crippen LogP contribution in [0.3, 0.4) is 0 Å². The summed E-state index contributed by atoms with van der Waals surface area (Å²) in [7, 11) is 0. The first-order valence-electron chi connectivity index (χ1n) is 7.36. The highest BCUT2D eigenvalue weighted by atomic mass is 19.4. The van der Waals surface area contributed by atoms with Gasteiger partial charge >= 0.3 is 6.36 Å². The van der Waals surface area contributed by atoms with E-state index >= 15 is 0 Å². The van der Waals surface area contributed by atoms with Gasteiger partial charge < -0.3 is 15.0 Å². The molecule has 2 aliphatic rings. The first-order chi connectivity index (χ1) is 9.99. The van der Waals surface area contributed by atoms with E-state index in [0.717, 1.165) is 25.2 Å². The van der Waals surface area contributed by atoms with E-state index in [1.165, 1.54) is 31.4 Å². The molecule has 1 heterocycles. The van der Waals surface area contributed by atoms with Crippen LogP contribution in [-0.4, -0.2) is 31.5 Å². The lowest BCUT2D eigenvalue weighted by atomic mass is 10.0. The van der Waals surface area contributed by atoms with Crippen molar-refractivity contribution in [3.05, 3.63) is 24.3 Å². The molecule has 0 amide bonds. The minimum atomic E-state index is -4.63. The highest BCUT2D eigenvalue weighted by Crippen LogP contribution is 2.27. The van der Waals surface area contributed by atoms with E-state index in [9.17, 15) is 13.2 Å². The topological polar surface area (TPSA) is 24.5 Å². The van der Waals surface area contributed by atoms with Gasteiger partial charge in [-0.2, -0.15) is 0 Å². The van der Waals surface area contributed by atoms with Crippen molar-refractivity contribution in [2.24, 2.45) is 0 Å². The second-order valence-corrected chi connectivity index (χ2v) is 5.77. The fraction of sp³-hybridized carbons (Fsp3) is 0.600. The van der Waals surface area contributed by atoms with Crippen molar-refractivity contribution < 1.29 is 17.9 Å². The lowest BCUT2D eigenvalue weighted by Crippen LogP contribution is -2.46. The highest BCUT2D eigenvalue weighted by molar-refractivity contribution is 5.49. The highest BCUT2D eigenvalue weighted by Gasteiger charge is 2.31. The number of rotatable bonds is 4. The maximum absolute atomic E-state index is 12.1. The van der Waals surface area contributed by atoms with Crippen LogP contribution in [0.1, 0.15) is 25.7 Å². The van der Waals surface area contributed by atoms with E-state index in [1.807, 2.05) is 0 Å². The summed E-state index contributed by atoms with van der Waals surface area (Å²) in [5.74, 6) is -0.170. The Morgan fingerprint density at radius 2 is 1.76 bits per heavy atom. The Bertz CT molecular complexity index is 471. The number of ether oxygens (including phenoxy) is 1. The van der Waals surface area contributed by atoms with Crippen LogP contribution in [0.15, 0.2) is 24.3 Å². The van der Waals surface area contributed by atoms with Gasteiger partial charge in [0.2, 0.25) is 0 Å². The molecule has 0 spiro atoms. The molecular formula is C15H19F3N2O. The number of nitrogens with zero attached hydrogens (tertiary/aromatic N) is 1. The monoisotopic (exact) mass is 300 g/mol. The normalized spacial score (nSPS) is 23.2. The Hall–Kier alpha value is -1.43. The fourth-order valence-corrected chi connectivity index (χ4v) is 2.79. The summed E-state index contributed by atoms with van der Waals surface area (Å²) in [6.07, 6.45) is 0.166. The predicted octanol–water partition coefficient (Wildman–Crippen LogP) is 3.31. The molecule has 3 rings (SSSR count). The minimum Gasteiger partial charge on any atom is -0.406 e. The van der Waals surface area contributed by atoms with E-state index in [1.54, 1.807) is 12.1 Å². The van der Waals surface area contributed by atoms with Crippen LogP contribution < -0.4 is 15.0 Å². The Morgan fingerprint density at radius 1 is 1.05 bits per heavy atom. The van der Waals surface area contributed by atoms with Crippen molar-refractivity contribution in [3.8, 4) is 5.75 Å². The van der Waals surface area contributed by atoms with Crippen molar-refractivity contribution in [1.82, 2.24) is 5.32 Å². The van der Waals surface area contributed by atoms with Gasteiger partial charge in [0, 0.05) is 30.9 Å². The molecular weight excluding hydrogens is 281 g/mol. The third-order valence-electron chi connectivity index (χ3n) is 3.91. The van der Waals surface area contributed by atoms with Gasteiger partial charge in [0.15, 0.2) is 0 Å². The number of alkyl halides is 3. The first-order valence-corrected chi connectivity index (χ1v) is 7.36. The van der Waals surface area contributed by atoms with E-state index in [2.05, 4.69) is 15.0 Å². The Labute approximate surface area is 122 Å². The molecule has 1 aromatic carbocycles. The van der Waals surface area contributed by atoms with Crippen LogP contribution in [0.5, 0.6) is 5.75 Å². The number of anilines is 1. The van der Waals surface area contributed by atoms with E-state index < -0.39 is 6.36 Å². The van der Waals surface area contributed by atoms with Gasteiger partial charge in [-0.1, -0.05) is 0 Å². The molecule has 116 valence electrons. The summed E-state index contributed by atoms with van der Waals surface area (Å²) in [6.45, 7) is 1.86. The lowest BCUT2D eigenvalue weighted by molar-refractivity contribution is -0.274. The number of hydrogen-bond acceptors (Lipinski definition) is 3. The lowest BCUT2D eigenvalue weighted by Gasteiger charge is -2.35. The molecule has 0 bridgehead atoms. The molecule has 3 nitrogen and oxygen atoms in total. The van der Waals surface area contributed by atoms with Gasteiger partial charge in [-0.05, 0) is 49.9 Å². The molecule has 2 fully saturated rings. The molecule has 1 aromatic rings. The van der Waals surface area contributed by atoms with Crippen molar-refractivity contribution >= 4 is 5.69 Å². The zero-order valence-electron chi connectivity index (χ0n) is 11.7. The number of nitrogens with one attached hydrogen (secondary N) is 1. The van der Waals surface area contributed by atoms with Crippen molar-refractivity contribution in [2.75, 3.05) is 18.0 Å². The van der Waals surface area contributed by atoms with Crippen molar-refractivity contribution in [2.45, 2.75) is 44.1 Å². The van der Waals surface area contributed by atoms with Gasteiger partial charge in [-0.3, -0.25) is 0 Å². The third kappa shape index (κ3) is 4.27. The molecule has 1 saturated carbocycles. The average Bonchev–Trinajstić information content (AvgIpc) is 3.22. The first kappa shape index (κ1) is 14.5. The summed E-state index contributed by atoms with van der Waals surface area (Å²) >= 11 is 0. The van der Waals surface area contributed by atoms with Gasteiger partial charge in [-0.25, -0.2) is 0 Å². The van der Waals surface area contributed by atoms with Gasteiger partial charge in [0.25, 0.3) is 0 Å². The van der Waals surface area contributed by atoms with Crippen LogP contribution in [-0.2, 0) is 0 Å². The van der Waals surface area contributed by atoms with Gasteiger partial charge in [0.05, 0.1) is 0 Å². The Morgan fingerprint density at radius 3 is 2.38 bits per heavy atom. The maximum Gasteiger partial charge on any atom is 0.573 e. The molecule has 1 unspecified atom stereocenters. The Balaban J connectivity index is 1.60. The standard InChI is InChI=1S/C15H19F3N2O/c16-15(17,18)21-14-7-5-13(6-8-14)20-9-1-2-12(10-20)19-11-3-4-11/h5-8,11-12,19H,1-4,9-10H2. The summed E-state index contributed by atoms with van der Waals surface area (Å²) < 4.78 is 40.3. The Kier molecular flexibility index (Phi) is 3.97. The molecule has 1 saturated heterocycles. The van der Waals surface area contributed by atoms with E-state index in [-0.39, 0.29) is 5.75 Å². The van der Waals surface area contributed by atoms with E-state index in [4.69, 9.17) is 0 Å². The second kappa shape index (κ2) is 5.75. The summed E-state index contributed by atoms with van der Waals surface area (Å²) in [5, 5.41) is 3.62. The minimum absolute atomic E-state index is 0.170. The zero-order chi connectivity index (χ0) is 14.9. The van der Waals surface area contributed by atoms with Crippen LogP contribution in [0.4, 0.5) is 18.9 Å². The molecule has 21 heavy (non-hydrogen) atoms. The fourth-order valence-electron chi connectivity index (χ4n) is 2.79. The number of piperidine rings is 1. The van der Waals surface area contributed by atoms with Crippen molar-refractivity contribution in [1.29, 1.82) is 0 Å². The van der Waals surface area contributed by atoms with Crippen LogP contribution >= 0.6 is 0 Å². The SMILES string of the molecule is FC(F)(F)Oc1ccc(N2CCCC(NC3CC3)C2)cc1. The molecule has 1 aliphatic carbocycles. The van der Waals surface area contributed by atoms with Crippen LogP contribution in [0, 0.1) is 0 Å². The van der Waals surface area contributed by atoms with Crippen molar-refractivity contribution in [3.63, 3.8) is 0 Å². The zero-order valence-corrected chi connectivity index (χ0v) is 11.7. The van der Waals surface area contributed by atoms with Gasteiger partial charge in [0.1, 0.15) is 5.75 Å². The number of benzene rings is 1. The van der Waals surface area contributed by atoms with Crippen LogP contribution in [0.2, 0.25) is 0 Å². The summed E-state index contributed by atoms with van der Waals surface area (Å²) in [4.78, 5) is 2.22. The predicted molar refractivity (Wildman–Crippen MR) is 74.5 cm³/mol. The summed E-state index contributed by atoms with van der Waals surface area (Å²) in [6, 6.07) is 7.30. The molecule has 1 aliphatic heterocycles. The number of halogens is 3. The molecule has 0 aromatic heterocycles. The average molecular weight is 300 g/mol. The quantitative estimate of drug-likeness (QED) is 0.923. The largest absolute Gasteiger partial charge is 0.573 e. The third-order valence-corrected chi connectivity index (χ3v) is 3.91. The van der Waals surface area contributed by atoms with E-state index in [0.29, 0.717) is 12.1 Å². The second-order valence-electron chi connectivity index (χ2n) is 5.77. The summed E-state index contributed by atoms with van der Waals surface area (Å²) in [5.41, 5.74) is 0.951. The molecule has 6 heteroatoms. The molecule has 0 radical (unpaired) electrons. The maximum atomic E-state index is 12.1. The smallest absolute Gasteiger partial charge is 0.406 e. The van der Waals surface area contributed by atoms with Crippen LogP contribution in [0.25, 0.3) is 0 Å². The molecule has 1 N–H and O–H groups in total. The van der Waals surface area contributed by atoms with Gasteiger partial charge in [-0.15, -0.1) is 13.2 Å². The molecule has 1 atom stereocenters. The number of hydrogen-bond donors (Lipinski definition) is 1.